The molecule has 0 aromatic heterocycles. The largest absolute Gasteiger partial charge is 0.414 e. The molecular formula is C15H30O2Si. The van der Waals surface area contributed by atoms with Crippen LogP contribution in [0.2, 0.25) is 18.1 Å². The summed E-state index contributed by atoms with van der Waals surface area (Å²) < 4.78 is 5.99. The Morgan fingerprint density at radius 1 is 1.39 bits per heavy atom. The summed E-state index contributed by atoms with van der Waals surface area (Å²) in [5.41, 5.74) is 1.25. The first-order valence-corrected chi connectivity index (χ1v) is 9.59. The molecule has 1 unspecified atom stereocenters. The Balaban J connectivity index is 4.16. The lowest BCUT2D eigenvalue weighted by atomic mass is 10.1. The molecule has 0 aromatic carbocycles. The molecular weight excluding hydrogens is 240 g/mol. The molecule has 3 heteroatoms. The highest BCUT2D eigenvalue weighted by Crippen LogP contribution is 2.36. The first kappa shape index (κ1) is 17.6. The molecule has 0 aliphatic carbocycles. The molecule has 106 valence electrons. The topological polar surface area (TPSA) is 29.5 Å². The number of allylic oxidation sites excluding steroid dienone is 2. The first-order valence-electron chi connectivity index (χ1n) is 6.68. The van der Waals surface area contributed by atoms with Crippen LogP contribution in [0.5, 0.6) is 0 Å². The Kier molecular flexibility index (Phi) is 7.11. The average Bonchev–Trinajstić information content (AvgIpc) is 2.22. The molecule has 0 heterocycles. The molecule has 18 heavy (non-hydrogen) atoms. The van der Waals surface area contributed by atoms with Gasteiger partial charge in [0.2, 0.25) is 0 Å². The molecule has 1 atom stereocenters. The van der Waals surface area contributed by atoms with Crippen LogP contribution in [0.25, 0.3) is 0 Å². The van der Waals surface area contributed by atoms with E-state index >= 15 is 0 Å². The van der Waals surface area contributed by atoms with Crippen molar-refractivity contribution in [2.75, 3.05) is 6.61 Å². The lowest BCUT2D eigenvalue weighted by Gasteiger charge is -2.36. The van der Waals surface area contributed by atoms with Crippen molar-refractivity contribution in [2.24, 2.45) is 0 Å². The zero-order valence-electron chi connectivity index (χ0n) is 12.9. The molecule has 0 saturated carbocycles. The van der Waals surface area contributed by atoms with E-state index in [1.54, 1.807) is 0 Å². The SMILES string of the molecule is C=CC/C(C)=C\CC(O)CO[Si](C)(C)C(C)(C)C. The molecule has 0 amide bonds. The quantitative estimate of drug-likeness (QED) is 0.552. The zero-order valence-corrected chi connectivity index (χ0v) is 13.9. The van der Waals surface area contributed by atoms with Crippen LogP contribution >= 0.6 is 0 Å². The molecule has 0 radical (unpaired) electrons. The lowest BCUT2D eigenvalue weighted by molar-refractivity contribution is 0.102. The summed E-state index contributed by atoms with van der Waals surface area (Å²) in [6.45, 7) is 17.2. The third-order valence-corrected chi connectivity index (χ3v) is 8.15. The van der Waals surface area contributed by atoms with Gasteiger partial charge < -0.3 is 9.53 Å². The molecule has 0 aliphatic rings. The van der Waals surface area contributed by atoms with Crippen molar-refractivity contribution in [1.82, 2.24) is 0 Å². The van der Waals surface area contributed by atoms with Gasteiger partial charge in [-0.2, -0.15) is 0 Å². The monoisotopic (exact) mass is 270 g/mol. The Hall–Kier alpha value is -0.383. The van der Waals surface area contributed by atoms with Crippen molar-refractivity contribution in [3.05, 3.63) is 24.3 Å². The van der Waals surface area contributed by atoms with Crippen LogP contribution in [-0.2, 0) is 4.43 Å². The summed E-state index contributed by atoms with van der Waals surface area (Å²) in [6.07, 6.45) is 5.09. The Morgan fingerprint density at radius 3 is 2.39 bits per heavy atom. The Morgan fingerprint density at radius 2 is 1.94 bits per heavy atom. The minimum Gasteiger partial charge on any atom is -0.414 e. The fraction of sp³-hybridized carbons (Fsp3) is 0.733. The number of hydrogen-bond donors (Lipinski definition) is 1. The van der Waals surface area contributed by atoms with Crippen LogP contribution < -0.4 is 0 Å². The number of aliphatic hydroxyl groups is 1. The van der Waals surface area contributed by atoms with Gasteiger partial charge in [0.15, 0.2) is 8.32 Å². The second kappa shape index (κ2) is 7.27. The summed E-state index contributed by atoms with van der Waals surface area (Å²) in [5.74, 6) is 0. The van der Waals surface area contributed by atoms with Crippen molar-refractivity contribution in [1.29, 1.82) is 0 Å². The summed E-state index contributed by atoms with van der Waals surface area (Å²) >= 11 is 0. The van der Waals surface area contributed by atoms with Crippen molar-refractivity contribution in [2.45, 2.75) is 64.8 Å². The fourth-order valence-electron chi connectivity index (χ4n) is 1.24. The average molecular weight is 270 g/mol. The van der Waals surface area contributed by atoms with Gasteiger partial charge in [-0.1, -0.05) is 38.5 Å². The van der Waals surface area contributed by atoms with Crippen LogP contribution in [0.1, 0.15) is 40.5 Å². The van der Waals surface area contributed by atoms with Gasteiger partial charge in [-0.3, -0.25) is 0 Å². The van der Waals surface area contributed by atoms with Gasteiger partial charge in [0.1, 0.15) is 0 Å². The van der Waals surface area contributed by atoms with Crippen molar-refractivity contribution in [3.63, 3.8) is 0 Å². The predicted octanol–water partition coefficient (Wildman–Crippen LogP) is 4.28. The van der Waals surface area contributed by atoms with E-state index in [1.165, 1.54) is 5.57 Å². The second-order valence-corrected chi connectivity index (χ2v) is 11.3. The van der Waals surface area contributed by atoms with E-state index in [0.717, 1.165) is 6.42 Å². The third kappa shape index (κ3) is 6.52. The van der Waals surface area contributed by atoms with E-state index in [4.69, 9.17) is 4.43 Å². The molecule has 0 aromatic rings. The summed E-state index contributed by atoms with van der Waals surface area (Å²) in [4.78, 5) is 0. The molecule has 0 aliphatic heterocycles. The van der Waals surface area contributed by atoms with Gasteiger partial charge in [-0.15, -0.1) is 6.58 Å². The van der Waals surface area contributed by atoms with Crippen LogP contribution in [-0.4, -0.2) is 26.1 Å². The highest BCUT2D eigenvalue weighted by Gasteiger charge is 2.37. The van der Waals surface area contributed by atoms with E-state index in [-0.39, 0.29) is 5.04 Å². The minimum atomic E-state index is -1.74. The molecule has 2 nitrogen and oxygen atoms in total. The molecule has 0 spiro atoms. The highest BCUT2D eigenvalue weighted by atomic mass is 28.4. The van der Waals surface area contributed by atoms with Gasteiger partial charge in [0.25, 0.3) is 0 Å². The van der Waals surface area contributed by atoms with Gasteiger partial charge >= 0.3 is 0 Å². The molecule has 0 bridgehead atoms. The number of aliphatic hydroxyl groups excluding tert-OH is 1. The van der Waals surface area contributed by atoms with Gasteiger partial charge in [0, 0.05) is 0 Å². The lowest BCUT2D eigenvalue weighted by Crippen LogP contribution is -2.42. The van der Waals surface area contributed by atoms with Crippen molar-refractivity contribution in [3.8, 4) is 0 Å². The van der Waals surface area contributed by atoms with Crippen LogP contribution in [0.4, 0.5) is 0 Å². The Bertz CT molecular complexity index is 287. The normalized spacial score (nSPS) is 15.6. The van der Waals surface area contributed by atoms with E-state index in [9.17, 15) is 5.11 Å². The maximum Gasteiger partial charge on any atom is 0.192 e. The second-order valence-electron chi connectivity index (χ2n) is 6.50. The van der Waals surface area contributed by atoms with E-state index in [1.807, 2.05) is 6.08 Å². The van der Waals surface area contributed by atoms with Gasteiger partial charge in [-0.25, -0.2) is 0 Å². The first-order chi connectivity index (χ1) is 8.10. The predicted molar refractivity (Wildman–Crippen MR) is 82.3 cm³/mol. The Labute approximate surface area is 114 Å². The van der Waals surface area contributed by atoms with Gasteiger partial charge in [0.05, 0.1) is 12.7 Å². The maximum atomic E-state index is 9.92. The highest BCUT2D eigenvalue weighted by molar-refractivity contribution is 6.74. The van der Waals surface area contributed by atoms with Crippen molar-refractivity contribution >= 4 is 8.32 Å². The van der Waals surface area contributed by atoms with Crippen LogP contribution in [0.15, 0.2) is 24.3 Å². The third-order valence-electron chi connectivity index (χ3n) is 3.65. The number of hydrogen-bond acceptors (Lipinski definition) is 2. The summed E-state index contributed by atoms with van der Waals surface area (Å²) in [5, 5.41) is 10.1. The van der Waals surface area contributed by atoms with E-state index < -0.39 is 14.4 Å². The van der Waals surface area contributed by atoms with Gasteiger partial charge in [-0.05, 0) is 37.9 Å². The van der Waals surface area contributed by atoms with Crippen molar-refractivity contribution < 1.29 is 9.53 Å². The smallest absolute Gasteiger partial charge is 0.192 e. The van der Waals surface area contributed by atoms with E-state index in [0.29, 0.717) is 13.0 Å². The fourth-order valence-corrected chi connectivity index (χ4v) is 2.28. The maximum absolute atomic E-state index is 9.92. The standard InChI is InChI=1S/C15H30O2Si/c1-8-9-13(2)10-11-14(16)12-17-18(6,7)15(3,4)5/h8,10,14,16H,1,9,11-12H2,2-7H3/b13-10-. The van der Waals surface area contributed by atoms with Crippen LogP contribution in [0, 0.1) is 0 Å². The molecule has 1 N–H and O–H groups in total. The molecule has 0 saturated heterocycles. The molecule has 0 rings (SSSR count). The summed E-state index contributed by atoms with van der Waals surface area (Å²) in [6, 6.07) is 0. The number of rotatable bonds is 7. The van der Waals surface area contributed by atoms with E-state index in [2.05, 4.69) is 53.4 Å². The molecule has 0 fully saturated rings. The zero-order chi connectivity index (χ0) is 14.4. The summed E-state index contributed by atoms with van der Waals surface area (Å²) in [7, 11) is -1.74. The van der Waals surface area contributed by atoms with Crippen LogP contribution in [0.3, 0.4) is 0 Å². The minimum absolute atomic E-state index is 0.196.